The Labute approximate surface area is 129 Å². The van der Waals surface area contributed by atoms with Gasteiger partial charge in [0.15, 0.2) is 5.13 Å². The zero-order valence-electron chi connectivity index (χ0n) is 12.1. The molecule has 1 aromatic heterocycles. The number of aromatic nitrogens is 1. The molecule has 0 bridgehead atoms. The number of nitrogens with one attached hydrogen (secondary N) is 1. The highest BCUT2D eigenvalue weighted by atomic mass is 32.2. The number of thiazole rings is 1. The van der Waals surface area contributed by atoms with Crippen molar-refractivity contribution in [3.8, 4) is 0 Å². The lowest BCUT2D eigenvalue weighted by Crippen LogP contribution is -2.40. The Morgan fingerprint density at radius 1 is 1.30 bits per heavy atom. The van der Waals surface area contributed by atoms with Gasteiger partial charge < -0.3 is 10.2 Å². The number of nitrogens with zero attached hydrogens (tertiary/aromatic N) is 2. The third-order valence-corrected chi connectivity index (χ3v) is 6.72. The Morgan fingerprint density at radius 3 is 2.85 bits per heavy atom. The first-order valence-corrected chi connectivity index (χ1v) is 9.86. The molecule has 1 N–H and O–H groups in total. The third kappa shape index (κ3) is 2.85. The Balaban J connectivity index is 1.54. The van der Waals surface area contributed by atoms with Crippen LogP contribution in [0.1, 0.15) is 49.1 Å². The number of hydrogen-bond donors (Lipinski definition) is 1. The highest BCUT2D eigenvalue weighted by Gasteiger charge is 2.32. The summed E-state index contributed by atoms with van der Waals surface area (Å²) in [5, 5.41) is 4.96. The molecule has 20 heavy (non-hydrogen) atoms. The average Bonchev–Trinajstić information content (AvgIpc) is 3.36. The van der Waals surface area contributed by atoms with Crippen LogP contribution in [0, 0.1) is 0 Å². The average molecular weight is 310 g/mol. The van der Waals surface area contributed by atoms with E-state index < -0.39 is 0 Å². The summed E-state index contributed by atoms with van der Waals surface area (Å²) in [6.07, 6.45) is 5.44. The second-order valence-corrected chi connectivity index (χ2v) is 8.56. The Morgan fingerprint density at radius 2 is 2.15 bits per heavy atom. The largest absolute Gasteiger partial charge is 0.344 e. The fourth-order valence-corrected chi connectivity index (χ4v) is 5.05. The van der Waals surface area contributed by atoms with Gasteiger partial charge in [0.05, 0.1) is 5.69 Å². The molecule has 1 unspecified atom stereocenters. The smallest absolute Gasteiger partial charge is 0.186 e. The summed E-state index contributed by atoms with van der Waals surface area (Å²) in [6, 6.07) is 1.43. The van der Waals surface area contributed by atoms with E-state index in [4.69, 9.17) is 4.98 Å². The summed E-state index contributed by atoms with van der Waals surface area (Å²) in [6.45, 7) is 4.55. The summed E-state index contributed by atoms with van der Waals surface area (Å²) in [7, 11) is 0. The molecule has 0 spiro atoms. The van der Waals surface area contributed by atoms with Crippen LogP contribution in [-0.2, 0) is 6.54 Å². The monoisotopic (exact) mass is 309 g/mol. The lowest BCUT2D eigenvalue weighted by atomic mass is 10.2. The summed E-state index contributed by atoms with van der Waals surface area (Å²) in [5.74, 6) is 3.26. The van der Waals surface area contributed by atoms with Crippen LogP contribution in [-0.4, -0.2) is 35.1 Å². The van der Waals surface area contributed by atoms with E-state index in [0.717, 1.165) is 18.5 Å². The first-order valence-electron chi connectivity index (χ1n) is 7.88. The van der Waals surface area contributed by atoms with E-state index in [2.05, 4.69) is 28.9 Å². The van der Waals surface area contributed by atoms with Gasteiger partial charge in [-0.2, -0.15) is 11.8 Å². The SMILES string of the molecule is CC1CSCCN1c1nc(C2CC2)c(CNC2CC2)s1. The molecule has 1 atom stereocenters. The second kappa shape index (κ2) is 5.50. The first-order chi connectivity index (χ1) is 9.81. The van der Waals surface area contributed by atoms with Crippen molar-refractivity contribution in [1.82, 2.24) is 10.3 Å². The van der Waals surface area contributed by atoms with Crippen LogP contribution >= 0.6 is 23.1 Å². The highest BCUT2D eigenvalue weighted by molar-refractivity contribution is 7.99. The van der Waals surface area contributed by atoms with Crippen LogP contribution in [0.5, 0.6) is 0 Å². The minimum Gasteiger partial charge on any atom is -0.344 e. The summed E-state index contributed by atoms with van der Waals surface area (Å²) in [5.41, 5.74) is 1.42. The Hall–Kier alpha value is -0.260. The molecule has 0 amide bonds. The quantitative estimate of drug-likeness (QED) is 0.904. The fraction of sp³-hybridized carbons (Fsp3) is 0.800. The predicted molar refractivity (Wildman–Crippen MR) is 88.1 cm³/mol. The van der Waals surface area contributed by atoms with Gasteiger partial charge in [0.25, 0.3) is 0 Å². The van der Waals surface area contributed by atoms with E-state index >= 15 is 0 Å². The van der Waals surface area contributed by atoms with Gasteiger partial charge in [0.1, 0.15) is 0 Å². The van der Waals surface area contributed by atoms with Crippen molar-refractivity contribution in [2.45, 2.75) is 57.2 Å². The van der Waals surface area contributed by atoms with E-state index in [0.29, 0.717) is 6.04 Å². The van der Waals surface area contributed by atoms with Crippen LogP contribution in [0.2, 0.25) is 0 Å². The van der Waals surface area contributed by atoms with Crippen molar-refractivity contribution in [3.05, 3.63) is 10.6 Å². The number of anilines is 1. The van der Waals surface area contributed by atoms with Gasteiger partial charge in [-0.15, -0.1) is 11.3 Å². The van der Waals surface area contributed by atoms with Gasteiger partial charge in [-0.1, -0.05) is 0 Å². The molecule has 2 aliphatic carbocycles. The lowest BCUT2D eigenvalue weighted by molar-refractivity contribution is 0.686. The maximum absolute atomic E-state index is 5.04. The molecular weight excluding hydrogens is 286 g/mol. The van der Waals surface area contributed by atoms with Crippen molar-refractivity contribution in [2.75, 3.05) is 23.0 Å². The standard InChI is InChI=1S/C15H23N3S2/c1-10-9-19-7-6-18(10)15-17-14(11-2-3-11)13(20-15)8-16-12-4-5-12/h10-12,16H,2-9H2,1H3. The molecule has 110 valence electrons. The predicted octanol–water partition coefficient (Wildman–Crippen LogP) is 3.21. The molecule has 1 aromatic rings. The van der Waals surface area contributed by atoms with E-state index in [1.54, 1.807) is 0 Å². The molecule has 5 heteroatoms. The van der Waals surface area contributed by atoms with Crippen LogP contribution < -0.4 is 10.2 Å². The summed E-state index contributed by atoms with van der Waals surface area (Å²) in [4.78, 5) is 9.09. The fourth-order valence-electron chi connectivity index (χ4n) is 2.81. The zero-order valence-corrected chi connectivity index (χ0v) is 13.7. The molecule has 3 aliphatic rings. The van der Waals surface area contributed by atoms with Crippen molar-refractivity contribution in [2.24, 2.45) is 0 Å². The number of thioether (sulfide) groups is 1. The lowest BCUT2D eigenvalue weighted by Gasteiger charge is -2.32. The highest BCUT2D eigenvalue weighted by Crippen LogP contribution is 2.44. The zero-order chi connectivity index (χ0) is 13.5. The minimum absolute atomic E-state index is 0.635. The van der Waals surface area contributed by atoms with Gasteiger partial charge in [0.2, 0.25) is 0 Å². The third-order valence-electron chi connectivity index (χ3n) is 4.42. The van der Waals surface area contributed by atoms with Crippen LogP contribution in [0.3, 0.4) is 0 Å². The minimum atomic E-state index is 0.635. The van der Waals surface area contributed by atoms with E-state index in [9.17, 15) is 0 Å². The van der Waals surface area contributed by atoms with Crippen LogP contribution in [0.4, 0.5) is 5.13 Å². The molecule has 2 heterocycles. The van der Waals surface area contributed by atoms with Crippen molar-refractivity contribution in [3.63, 3.8) is 0 Å². The van der Waals surface area contributed by atoms with Gasteiger partial charge in [-0.25, -0.2) is 4.98 Å². The Kier molecular flexibility index (Phi) is 3.69. The maximum Gasteiger partial charge on any atom is 0.186 e. The molecule has 3 nitrogen and oxygen atoms in total. The van der Waals surface area contributed by atoms with Crippen molar-refractivity contribution < 1.29 is 0 Å². The van der Waals surface area contributed by atoms with E-state index in [1.807, 2.05) is 11.3 Å². The summed E-state index contributed by atoms with van der Waals surface area (Å²) < 4.78 is 0. The summed E-state index contributed by atoms with van der Waals surface area (Å²) >= 11 is 4.03. The maximum atomic E-state index is 5.04. The molecule has 0 aromatic carbocycles. The molecule has 1 aliphatic heterocycles. The van der Waals surface area contributed by atoms with Gasteiger partial charge in [-0.3, -0.25) is 0 Å². The van der Waals surface area contributed by atoms with Crippen LogP contribution in [0.25, 0.3) is 0 Å². The van der Waals surface area contributed by atoms with Crippen molar-refractivity contribution in [1.29, 1.82) is 0 Å². The van der Waals surface area contributed by atoms with Gasteiger partial charge in [0, 0.05) is 47.5 Å². The van der Waals surface area contributed by atoms with Crippen LogP contribution in [0.15, 0.2) is 0 Å². The second-order valence-electron chi connectivity index (χ2n) is 6.35. The first kappa shape index (κ1) is 13.4. The van der Waals surface area contributed by atoms with Gasteiger partial charge >= 0.3 is 0 Å². The normalized spacial score (nSPS) is 27.1. The van der Waals surface area contributed by atoms with Gasteiger partial charge in [-0.05, 0) is 32.6 Å². The molecular formula is C15H23N3S2. The number of rotatable bonds is 5. The Bertz CT molecular complexity index is 479. The molecule has 3 fully saturated rings. The van der Waals surface area contributed by atoms with E-state index in [1.165, 1.54) is 59.4 Å². The molecule has 4 rings (SSSR count). The topological polar surface area (TPSA) is 28.2 Å². The molecule has 0 radical (unpaired) electrons. The molecule has 1 saturated heterocycles. The molecule has 2 saturated carbocycles. The van der Waals surface area contributed by atoms with E-state index in [-0.39, 0.29) is 0 Å². The van der Waals surface area contributed by atoms with Crippen molar-refractivity contribution >= 4 is 28.2 Å². The number of hydrogen-bond acceptors (Lipinski definition) is 5.